The maximum absolute atomic E-state index is 12.2. The molecule has 0 radical (unpaired) electrons. The summed E-state index contributed by atoms with van der Waals surface area (Å²) in [4.78, 5) is 16.5. The molecule has 7 heteroatoms. The molecule has 0 aliphatic heterocycles. The molecular formula is C17H22N4O2S. The van der Waals surface area contributed by atoms with Crippen LogP contribution in [0.5, 0.6) is 0 Å². The van der Waals surface area contributed by atoms with E-state index >= 15 is 0 Å². The summed E-state index contributed by atoms with van der Waals surface area (Å²) in [6, 6.07) is 5.53. The number of carbonyl (C=O) groups excluding carboxylic acids is 1. The van der Waals surface area contributed by atoms with Gasteiger partial charge in [-0.25, -0.2) is 4.79 Å². The van der Waals surface area contributed by atoms with E-state index in [9.17, 15) is 4.79 Å². The fourth-order valence-corrected chi connectivity index (χ4v) is 3.13. The highest BCUT2D eigenvalue weighted by atomic mass is 32.2. The fraction of sp³-hybridized carbons (Fsp3) is 0.471. The zero-order chi connectivity index (χ0) is 17.2. The van der Waals surface area contributed by atoms with Crippen molar-refractivity contribution in [2.24, 2.45) is 0 Å². The second-order valence-corrected chi connectivity index (χ2v) is 7.37. The molecule has 0 saturated heterocycles. The van der Waals surface area contributed by atoms with Crippen LogP contribution in [0.1, 0.15) is 31.2 Å². The first-order valence-electron chi connectivity index (χ1n) is 8.09. The monoisotopic (exact) mass is 346 g/mol. The summed E-state index contributed by atoms with van der Waals surface area (Å²) in [6.45, 7) is 4.62. The lowest BCUT2D eigenvalue weighted by molar-refractivity contribution is 0.252. The summed E-state index contributed by atoms with van der Waals surface area (Å²) in [5, 5.41) is 9.79. The number of urea groups is 1. The van der Waals surface area contributed by atoms with Crippen LogP contribution >= 0.6 is 11.8 Å². The van der Waals surface area contributed by atoms with Crippen LogP contribution in [0.2, 0.25) is 0 Å². The summed E-state index contributed by atoms with van der Waals surface area (Å²) >= 11 is 1.82. The Bertz CT molecular complexity index is 740. The average molecular weight is 346 g/mol. The van der Waals surface area contributed by atoms with Crippen molar-refractivity contribution in [2.75, 3.05) is 18.1 Å². The van der Waals surface area contributed by atoms with E-state index in [1.54, 1.807) is 0 Å². The van der Waals surface area contributed by atoms with Gasteiger partial charge in [-0.3, -0.25) is 0 Å². The van der Waals surface area contributed by atoms with Gasteiger partial charge in [0.25, 0.3) is 5.89 Å². The standard InChI is InChI=1S/C17H22N4O2S/c1-4-14-20-15(23-21-14)12-6-5-11(2)13(9-12)19-16(22)18-10-17(24-3)7-8-17/h5-6,9H,4,7-8,10H2,1-3H3,(H2,18,19,22). The average Bonchev–Trinajstić information content (AvgIpc) is 3.22. The molecule has 6 nitrogen and oxygen atoms in total. The van der Waals surface area contributed by atoms with Crippen molar-refractivity contribution in [3.8, 4) is 11.5 Å². The minimum atomic E-state index is -0.185. The number of nitrogens with one attached hydrogen (secondary N) is 2. The summed E-state index contributed by atoms with van der Waals surface area (Å²) in [6.07, 6.45) is 5.15. The maximum Gasteiger partial charge on any atom is 0.319 e. The van der Waals surface area contributed by atoms with Gasteiger partial charge < -0.3 is 15.2 Å². The van der Waals surface area contributed by atoms with Crippen LogP contribution in [0.15, 0.2) is 22.7 Å². The quantitative estimate of drug-likeness (QED) is 0.835. The summed E-state index contributed by atoms with van der Waals surface area (Å²) in [5.74, 6) is 1.14. The summed E-state index contributed by atoms with van der Waals surface area (Å²) in [7, 11) is 0. The molecule has 3 rings (SSSR count). The van der Waals surface area contributed by atoms with Crippen LogP contribution in [0.4, 0.5) is 10.5 Å². The van der Waals surface area contributed by atoms with E-state index in [1.807, 2.05) is 43.8 Å². The highest BCUT2D eigenvalue weighted by Crippen LogP contribution is 2.46. The smallest absolute Gasteiger partial charge is 0.319 e. The van der Waals surface area contributed by atoms with Gasteiger partial charge in [0.05, 0.1) is 0 Å². The van der Waals surface area contributed by atoms with Crippen LogP contribution < -0.4 is 10.6 Å². The first kappa shape index (κ1) is 16.8. The molecule has 1 aromatic carbocycles. The van der Waals surface area contributed by atoms with Crippen LogP contribution in [-0.4, -0.2) is 33.7 Å². The number of benzene rings is 1. The van der Waals surface area contributed by atoms with Crippen LogP contribution in [-0.2, 0) is 6.42 Å². The normalized spacial score (nSPS) is 15.1. The van der Waals surface area contributed by atoms with Crippen LogP contribution in [0.3, 0.4) is 0 Å². The highest BCUT2D eigenvalue weighted by molar-refractivity contribution is 8.00. The van der Waals surface area contributed by atoms with E-state index in [0.29, 0.717) is 18.3 Å². The number of amides is 2. The molecule has 0 spiro atoms. The lowest BCUT2D eigenvalue weighted by Crippen LogP contribution is -2.35. The number of aromatic nitrogens is 2. The first-order chi connectivity index (χ1) is 11.5. The van der Waals surface area contributed by atoms with Gasteiger partial charge in [-0.1, -0.05) is 18.1 Å². The summed E-state index contributed by atoms with van der Waals surface area (Å²) < 4.78 is 5.51. The van der Waals surface area contributed by atoms with Crippen molar-refractivity contribution in [3.05, 3.63) is 29.6 Å². The van der Waals surface area contributed by atoms with Crippen molar-refractivity contribution in [1.82, 2.24) is 15.5 Å². The molecule has 1 aliphatic rings. The van der Waals surface area contributed by atoms with Crippen molar-refractivity contribution in [1.29, 1.82) is 0 Å². The number of nitrogens with zero attached hydrogens (tertiary/aromatic N) is 2. The Balaban J connectivity index is 1.68. The van der Waals surface area contributed by atoms with E-state index in [4.69, 9.17) is 4.52 Å². The SMILES string of the molecule is CCc1noc(-c2ccc(C)c(NC(=O)NCC3(SC)CC3)c2)n1. The molecule has 2 N–H and O–H groups in total. The van der Waals surface area contributed by atoms with E-state index in [-0.39, 0.29) is 10.8 Å². The number of thioether (sulfide) groups is 1. The van der Waals surface area contributed by atoms with E-state index in [0.717, 1.165) is 23.2 Å². The summed E-state index contributed by atoms with van der Waals surface area (Å²) in [5.41, 5.74) is 2.52. The molecule has 0 bridgehead atoms. The Morgan fingerprint density at radius 2 is 2.21 bits per heavy atom. The predicted molar refractivity (Wildman–Crippen MR) is 96.4 cm³/mol. The van der Waals surface area contributed by atoms with Gasteiger partial charge in [0.2, 0.25) is 0 Å². The van der Waals surface area contributed by atoms with Gasteiger partial charge in [0, 0.05) is 29.0 Å². The van der Waals surface area contributed by atoms with Gasteiger partial charge in [-0.05, 0) is 43.7 Å². The molecule has 0 unspecified atom stereocenters. The number of carbonyl (C=O) groups is 1. The molecule has 2 amide bonds. The van der Waals surface area contributed by atoms with Crippen molar-refractivity contribution >= 4 is 23.5 Å². The van der Waals surface area contributed by atoms with Gasteiger partial charge >= 0.3 is 6.03 Å². The zero-order valence-electron chi connectivity index (χ0n) is 14.2. The number of rotatable bonds is 6. The minimum absolute atomic E-state index is 0.185. The van der Waals surface area contributed by atoms with E-state index < -0.39 is 0 Å². The van der Waals surface area contributed by atoms with Gasteiger partial charge in [0.15, 0.2) is 5.82 Å². The molecule has 24 heavy (non-hydrogen) atoms. The Morgan fingerprint density at radius 1 is 1.42 bits per heavy atom. The minimum Gasteiger partial charge on any atom is -0.336 e. The van der Waals surface area contributed by atoms with Crippen molar-refractivity contribution < 1.29 is 9.32 Å². The lowest BCUT2D eigenvalue weighted by Gasteiger charge is -2.15. The van der Waals surface area contributed by atoms with Crippen molar-refractivity contribution in [2.45, 2.75) is 37.9 Å². The Kier molecular flexibility index (Phi) is 4.80. The number of aryl methyl sites for hydroxylation is 2. The maximum atomic E-state index is 12.2. The molecule has 1 heterocycles. The Morgan fingerprint density at radius 3 is 2.83 bits per heavy atom. The van der Waals surface area contributed by atoms with Gasteiger partial charge in [-0.2, -0.15) is 16.7 Å². The molecule has 0 atom stereocenters. The molecule has 1 fully saturated rings. The Hall–Kier alpha value is -2.02. The van der Waals surface area contributed by atoms with Crippen LogP contribution in [0.25, 0.3) is 11.5 Å². The topological polar surface area (TPSA) is 80.0 Å². The second-order valence-electron chi connectivity index (χ2n) is 6.09. The molecule has 1 aromatic heterocycles. The highest BCUT2D eigenvalue weighted by Gasteiger charge is 2.41. The zero-order valence-corrected chi connectivity index (χ0v) is 15.0. The first-order valence-corrected chi connectivity index (χ1v) is 9.31. The number of hydrogen-bond donors (Lipinski definition) is 2. The predicted octanol–water partition coefficient (Wildman–Crippen LogP) is 3.62. The van der Waals surface area contributed by atoms with Gasteiger partial charge in [-0.15, -0.1) is 0 Å². The third-order valence-electron chi connectivity index (χ3n) is 4.33. The lowest BCUT2D eigenvalue weighted by atomic mass is 10.1. The van der Waals surface area contributed by atoms with Gasteiger partial charge in [0.1, 0.15) is 0 Å². The third-order valence-corrected chi connectivity index (χ3v) is 5.75. The Labute approximate surface area is 145 Å². The molecular weight excluding hydrogens is 324 g/mol. The van der Waals surface area contributed by atoms with Crippen molar-refractivity contribution in [3.63, 3.8) is 0 Å². The largest absolute Gasteiger partial charge is 0.336 e. The number of anilines is 1. The molecule has 1 saturated carbocycles. The number of hydrogen-bond acceptors (Lipinski definition) is 5. The van der Waals surface area contributed by atoms with E-state index in [1.165, 1.54) is 12.8 Å². The molecule has 1 aliphatic carbocycles. The third kappa shape index (κ3) is 3.72. The molecule has 128 valence electrons. The second kappa shape index (κ2) is 6.84. The van der Waals surface area contributed by atoms with E-state index in [2.05, 4.69) is 27.0 Å². The molecule has 2 aromatic rings. The van der Waals surface area contributed by atoms with Crippen LogP contribution in [0, 0.1) is 6.92 Å². The fourth-order valence-electron chi connectivity index (χ4n) is 2.40.